The van der Waals surface area contributed by atoms with Crippen molar-refractivity contribution in [3.05, 3.63) is 0 Å². The van der Waals surface area contributed by atoms with E-state index < -0.39 is 0 Å². The lowest BCUT2D eigenvalue weighted by atomic mass is 9.92. The van der Waals surface area contributed by atoms with Crippen molar-refractivity contribution in [1.82, 2.24) is 4.90 Å². The Morgan fingerprint density at radius 2 is 1.40 bits per heavy atom. The molecule has 0 atom stereocenters. The fraction of sp³-hybridized carbons (Fsp3) is 0.923. The van der Waals surface area contributed by atoms with E-state index in [9.17, 15) is 4.79 Å². The Hall–Kier alpha value is -0.370. The molecule has 0 N–H and O–H groups in total. The summed E-state index contributed by atoms with van der Waals surface area (Å²) in [5.41, 5.74) is 0. The lowest BCUT2D eigenvalue weighted by Gasteiger charge is -2.35. The normalized spacial score (nSPS) is 27.3. The molecule has 2 rings (SSSR count). The highest BCUT2D eigenvalue weighted by atomic mass is 16.1. The summed E-state index contributed by atoms with van der Waals surface area (Å²) >= 11 is 0. The van der Waals surface area contributed by atoms with Gasteiger partial charge in [-0.25, -0.2) is 0 Å². The van der Waals surface area contributed by atoms with E-state index >= 15 is 0 Å². The molecule has 1 saturated carbocycles. The van der Waals surface area contributed by atoms with Crippen molar-refractivity contribution in [2.45, 2.75) is 63.8 Å². The lowest BCUT2D eigenvalue weighted by Crippen LogP contribution is -2.40. The van der Waals surface area contributed by atoms with Crippen molar-refractivity contribution in [3.63, 3.8) is 0 Å². The summed E-state index contributed by atoms with van der Waals surface area (Å²) < 4.78 is 0. The van der Waals surface area contributed by atoms with Crippen LogP contribution in [-0.2, 0) is 4.79 Å². The number of hydrogen-bond donors (Lipinski definition) is 0. The summed E-state index contributed by atoms with van der Waals surface area (Å²) in [5, 5.41) is 0. The third-order valence-electron chi connectivity index (χ3n) is 3.92. The van der Waals surface area contributed by atoms with Gasteiger partial charge < -0.3 is 4.90 Å². The van der Waals surface area contributed by atoms with Gasteiger partial charge in [0.25, 0.3) is 0 Å². The summed E-state index contributed by atoms with van der Waals surface area (Å²) in [7, 11) is 0. The fourth-order valence-corrected chi connectivity index (χ4v) is 2.93. The highest BCUT2D eigenvalue weighted by Gasteiger charge is 2.24. The molecule has 0 aromatic heterocycles. The maximum Gasteiger partial charge on any atom is 0.133 e. The quantitative estimate of drug-likeness (QED) is 0.662. The maximum atomic E-state index is 11.2. The number of ketones is 1. The van der Waals surface area contributed by atoms with Crippen molar-refractivity contribution in [1.29, 1.82) is 0 Å². The summed E-state index contributed by atoms with van der Waals surface area (Å²) in [4.78, 5) is 13.9. The van der Waals surface area contributed by atoms with Crippen LogP contribution in [0.3, 0.4) is 0 Å². The van der Waals surface area contributed by atoms with E-state index in [0.717, 1.165) is 31.7 Å². The Bertz CT molecular complexity index is 197. The van der Waals surface area contributed by atoms with Crippen molar-refractivity contribution in [2.75, 3.05) is 13.1 Å². The van der Waals surface area contributed by atoms with Crippen LogP contribution in [0, 0.1) is 0 Å². The molecule has 15 heavy (non-hydrogen) atoms. The number of rotatable bonds is 1. The molecule has 0 amide bonds. The number of carbonyl (C=O) groups is 1. The third kappa shape index (κ3) is 3.30. The molecule has 1 aliphatic heterocycles. The maximum absolute atomic E-state index is 11.2. The minimum Gasteiger partial charge on any atom is -0.300 e. The Kier molecular flexibility index (Phi) is 4.18. The highest BCUT2D eigenvalue weighted by Crippen LogP contribution is 2.22. The van der Waals surface area contributed by atoms with Crippen LogP contribution in [-0.4, -0.2) is 29.8 Å². The van der Waals surface area contributed by atoms with Gasteiger partial charge in [0.15, 0.2) is 0 Å². The smallest absolute Gasteiger partial charge is 0.133 e. The predicted octanol–water partition coefficient (Wildman–Crippen LogP) is 2.76. The van der Waals surface area contributed by atoms with Gasteiger partial charge in [0.2, 0.25) is 0 Å². The molecule has 0 radical (unpaired) electrons. The molecule has 1 aliphatic carbocycles. The number of carbonyl (C=O) groups excluding carboxylic acids is 1. The first-order valence-electron chi connectivity index (χ1n) is 6.62. The van der Waals surface area contributed by atoms with Crippen LogP contribution in [0.15, 0.2) is 0 Å². The molecule has 0 unspecified atom stereocenters. The van der Waals surface area contributed by atoms with E-state index in [1.54, 1.807) is 0 Å². The van der Waals surface area contributed by atoms with Gasteiger partial charge in [0.05, 0.1) is 0 Å². The highest BCUT2D eigenvalue weighted by molar-refractivity contribution is 5.79. The molecular formula is C13H23NO. The van der Waals surface area contributed by atoms with Crippen LogP contribution >= 0.6 is 0 Å². The second-order valence-electron chi connectivity index (χ2n) is 5.07. The zero-order valence-electron chi connectivity index (χ0n) is 9.71. The van der Waals surface area contributed by atoms with Crippen molar-refractivity contribution in [3.8, 4) is 0 Å². The zero-order chi connectivity index (χ0) is 10.5. The van der Waals surface area contributed by atoms with Crippen LogP contribution < -0.4 is 0 Å². The van der Waals surface area contributed by atoms with E-state index in [-0.39, 0.29) is 0 Å². The standard InChI is InChI=1S/C13H23NO/c15-13-8-6-12(7-9-13)14-10-4-2-1-3-5-11-14/h12H,1-11H2. The SMILES string of the molecule is O=C1CCC(N2CCCCCCC2)CC1. The molecule has 0 bridgehead atoms. The molecule has 86 valence electrons. The van der Waals surface area contributed by atoms with E-state index in [4.69, 9.17) is 0 Å². The van der Waals surface area contributed by atoms with E-state index in [0.29, 0.717) is 5.78 Å². The Labute approximate surface area is 93.0 Å². The number of nitrogens with zero attached hydrogens (tertiary/aromatic N) is 1. The van der Waals surface area contributed by atoms with Gasteiger partial charge in [0, 0.05) is 18.9 Å². The van der Waals surface area contributed by atoms with Crippen LogP contribution in [0.5, 0.6) is 0 Å². The largest absolute Gasteiger partial charge is 0.300 e. The first-order valence-corrected chi connectivity index (χ1v) is 6.62. The number of likely N-dealkylation sites (tertiary alicyclic amines) is 1. The van der Waals surface area contributed by atoms with Crippen molar-refractivity contribution >= 4 is 5.78 Å². The molecular weight excluding hydrogens is 186 g/mol. The van der Waals surface area contributed by atoms with Gasteiger partial charge in [-0.1, -0.05) is 19.3 Å². The van der Waals surface area contributed by atoms with E-state index in [1.807, 2.05) is 0 Å². The van der Waals surface area contributed by atoms with Gasteiger partial charge in [0.1, 0.15) is 5.78 Å². The first kappa shape index (κ1) is 11.1. The van der Waals surface area contributed by atoms with Crippen molar-refractivity contribution < 1.29 is 4.79 Å². The van der Waals surface area contributed by atoms with Crippen molar-refractivity contribution in [2.24, 2.45) is 0 Å². The summed E-state index contributed by atoms with van der Waals surface area (Å²) in [6.45, 7) is 2.55. The van der Waals surface area contributed by atoms with E-state index in [1.165, 1.54) is 45.2 Å². The lowest BCUT2D eigenvalue weighted by molar-refractivity contribution is -0.121. The van der Waals surface area contributed by atoms with Crippen LogP contribution in [0.1, 0.15) is 57.8 Å². The molecule has 2 nitrogen and oxygen atoms in total. The zero-order valence-corrected chi connectivity index (χ0v) is 9.71. The van der Waals surface area contributed by atoms with Crippen LogP contribution in [0.2, 0.25) is 0 Å². The number of hydrogen-bond acceptors (Lipinski definition) is 2. The summed E-state index contributed by atoms with van der Waals surface area (Å²) in [6.07, 6.45) is 10.9. The van der Waals surface area contributed by atoms with Gasteiger partial charge in [-0.15, -0.1) is 0 Å². The second-order valence-corrected chi connectivity index (χ2v) is 5.07. The Balaban J connectivity index is 1.82. The molecule has 2 heteroatoms. The van der Waals surface area contributed by atoms with Gasteiger partial charge in [-0.05, 0) is 38.8 Å². The molecule has 0 spiro atoms. The minimum atomic E-state index is 0.485. The average Bonchev–Trinajstić information content (AvgIpc) is 2.19. The van der Waals surface area contributed by atoms with Crippen LogP contribution in [0.25, 0.3) is 0 Å². The topological polar surface area (TPSA) is 20.3 Å². The molecule has 1 saturated heterocycles. The molecule has 1 heterocycles. The molecule has 0 aromatic carbocycles. The Morgan fingerprint density at radius 3 is 2.00 bits per heavy atom. The monoisotopic (exact) mass is 209 g/mol. The first-order chi connectivity index (χ1) is 7.36. The summed E-state index contributed by atoms with van der Waals surface area (Å²) in [5.74, 6) is 0.485. The molecule has 2 aliphatic rings. The van der Waals surface area contributed by atoms with Crippen LogP contribution in [0.4, 0.5) is 0 Å². The van der Waals surface area contributed by atoms with Gasteiger partial charge in [-0.2, -0.15) is 0 Å². The third-order valence-corrected chi connectivity index (χ3v) is 3.92. The Morgan fingerprint density at radius 1 is 0.867 bits per heavy atom. The average molecular weight is 209 g/mol. The van der Waals surface area contributed by atoms with Gasteiger partial charge >= 0.3 is 0 Å². The molecule has 2 fully saturated rings. The van der Waals surface area contributed by atoms with E-state index in [2.05, 4.69) is 4.90 Å². The predicted molar refractivity (Wildman–Crippen MR) is 61.9 cm³/mol. The number of Topliss-reactive ketones (excluding diaryl/α,β-unsaturated/α-hetero) is 1. The second kappa shape index (κ2) is 5.64. The molecule has 0 aromatic rings. The minimum absolute atomic E-state index is 0.485. The summed E-state index contributed by atoms with van der Waals surface area (Å²) in [6, 6.07) is 0.723. The fourth-order valence-electron chi connectivity index (χ4n) is 2.93. The van der Waals surface area contributed by atoms with Gasteiger partial charge in [-0.3, -0.25) is 4.79 Å².